The lowest BCUT2D eigenvalue weighted by Crippen LogP contribution is -2.18. The molecule has 166 valence electrons. The van der Waals surface area contributed by atoms with Gasteiger partial charge in [-0.15, -0.1) is 0 Å². The normalized spacial score (nSPS) is 11.6. The molecule has 0 atom stereocenters. The average Bonchev–Trinajstić information content (AvgIpc) is 3.22. The number of carbonyl (C=O) groups excluding carboxylic acids is 2. The molecule has 0 aliphatic heterocycles. The summed E-state index contributed by atoms with van der Waals surface area (Å²) in [5.41, 5.74) is 7.26. The van der Waals surface area contributed by atoms with Crippen LogP contribution in [0.5, 0.6) is 0 Å². The Bertz CT molecular complexity index is 1310. The zero-order valence-corrected chi connectivity index (χ0v) is 18.8. The highest BCUT2D eigenvalue weighted by molar-refractivity contribution is 6.04. The van der Waals surface area contributed by atoms with E-state index in [1.54, 1.807) is 30.5 Å². The van der Waals surface area contributed by atoms with Crippen LogP contribution in [0.3, 0.4) is 0 Å². The molecule has 0 aliphatic rings. The molecule has 0 fully saturated rings. The molecule has 4 rings (SSSR count). The maximum absolute atomic E-state index is 12.5. The molecule has 0 spiro atoms. The number of nitrogens with one attached hydrogen (secondary N) is 3. The van der Waals surface area contributed by atoms with Gasteiger partial charge in [0.1, 0.15) is 0 Å². The number of amides is 2. The number of aromatic nitrogens is 1. The first-order valence-corrected chi connectivity index (χ1v) is 10.7. The van der Waals surface area contributed by atoms with Crippen LogP contribution in [0.2, 0.25) is 0 Å². The Kier molecular flexibility index (Phi) is 6.09. The molecule has 3 aromatic carbocycles. The molecular formula is C27H26N4O2. The summed E-state index contributed by atoms with van der Waals surface area (Å²) in [6.45, 7) is 6.40. The first-order valence-electron chi connectivity index (χ1n) is 10.7. The van der Waals surface area contributed by atoms with Crippen molar-refractivity contribution in [2.24, 2.45) is 5.10 Å². The van der Waals surface area contributed by atoms with Gasteiger partial charge in [0.2, 0.25) is 0 Å². The second-order valence-electron chi connectivity index (χ2n) is 8.85. The van der Waals surface area contributed by atoms with Gasteiger partial charge >= 0.3 is 0 Å². The molecule has 0 saturated heterocycles. The molecule has 3 N–H and O–H groups in total. The maximum Gasteiger partial charge on any atom is 0.271 e. The fraction of sp³-hybridized carbons (Fsp3) is 0.148. The number of para-hydroxylation sites is 1. The molecular weight excluding hydrogens is 412 g/mol. The Labute approximate surface area is 192 Å². The van der Waals surface area contributed by atoms with Crippen LogP contribution in [0.1, 0.15) is 52.6 Å². The molecule has 6 nitrogen and oxygen atoms in total. The minimum atomic E-state index is -0.332. The fourth-order valence-electron chi connectivity index (χ4n) is 3.46. The molecule has 0 saturated carbocycles. The zero-order valence-electron chi connectivity index (χ0n) is 18.8. The molecule has 6 heteroatoms. The quantitative estimate of drug-likeness (QED) is 0.285. The predicted octanol–water partition coefficient (Wildman–Crippen LogP) is 5.48. The first-order chi connectivity index (χ1) is 15.8. The SMILES string of the molecule is CC(C)(C)c1ccc(C(=O)Nc2ccc(C(=O)N/N=C/c3c[nH]c4ccccc34)cc2)cc1. The van der Waals surface area contributed by atoms with Crippen LogP contribution in [0, 0.1) is 0 Å². The van der Waals surface area contributed by atoms with Gasteiger partial charge in [0.05, 0.1) is 6.21 Å². The Morgan fingerprint density at radius 1 is 0.848 bits per heavy atom. The number of hydrogen-bond donors (Lipinski definition) is 3. The van der Waals surface area contributed by atoms with Gasteiger partial charge in [-0.25, -0.2) is 5.43 Å². The fourth-order valence-corrected chi connectivity index (χ4v) is 3.46. The second kappa shape index (κ2) is 9.12. The van der Waals surface area contributed by atoms with Gasteiger partial charge in [-0.2, -0.15) is 5.10 Å². The first kappa shape index (κ1) is 22.0. The standard InChI is InChI=1S/C27H26N4O2/c1-27(2,3)21-12-8-18(9-13-21)25(32)30-22-14-10-19(11-15-22)26(33)31-29-17-20-16-28-24-7-5-4-6-23(20)24/h4-17,28H,1-3H3,(H,30,32)(H,31,33)/b29-17+. The predicted molar refractivity (Wildman–Crippen MR) is 133 cm³/mol. The summed E-state index contributed by atoms with van der Waals surface area (Å²) >= 11 is 0. The third-order valence-electron chi connectivity index (χ3n) is 5.41. The van der Waals surface area contributed by atoms with E-state index in [4.69, 9.17) is 0 Å². The van der Waals surface area contributed by atoms with Gasteiger partial charge in [0.25, 0.3) is 11.8 Å². The highest BCUT2D eigenvalue weighted by Gasteiger charge is 2.14. The average molecular weight is 439 g/mol. The summed E-state index contributed by atoms with van der Waals surface area (Å²) in [4.78, 5) is 28.1. The zero-order chi connectivity index (χ0) is 23.4. The molecule has 0 radical (unpaired) electrons. The van der Waals surface area contributed by atoms with Crippen molar-refractivity contribution in [3.63, 3.8) is 0 Å². The van der Waals surface area contributed by atoms with Crippen molar-refractivity contribution < 1.29 is 9.59 Å². The summed E-state index contributed by atoms with van der Waals surface area (Å²) in [5.74, 6) is -0.530. The number of fused-ring (bicyclic) bond motifs is 1. The molecule has 0 unspecified atom stereocenters. The third-order valence-corrected chi connectivity index (χ3v) is 5.41. The summed E-state index contributed by atoms with van der Waals surface area (Å²) in [7, 11) is 0. The van der Waals surface area contributed by atoms with E-state index < -0.39 is 0 Å². The topological polar surface area (TPSA) is 86.3 Å². The summed E-state index contributed by atoms with van der Waals surface area (Å²) in [6, 6.07) is 22.1. The Hall–Kier alpha value is -4.19. The molecule has 0 bridgehead atoms. The maximum atomic E-state index is 12.5. The Balaban J connectivity index is 1.35. The van der Waals surface area contributed by atoms with Crippen LogP contribution in [-0.4, -0.2) is 23.0 Å². The smallest absolute Gasteiger partial charge is 0.271 e. The Morgan fingerprint density at radius 2 is 1.48 bits per heavy atom. The summed E-state index contributed by atoms with van der Waals surface area (Å²) in [6.07, 6.45) is 3.45. The van der Waals surface area contributed by atoms with Crippen molar-refractivity contribution in [3.8, 4) is 0 Å². The number of benzene rings is 3. The van der Waals surface area contributed by atoms with Gasteiger partial charge in [-0.05, 0) is 53.4 Å². The number of anilines is 1. The minimum Gasteiger partial charge on any atom is -0.361 e. The largest absolute Gasteiger partial charge is 0.361 e. The van der Waals surface area contributed by atoms with Crippen molar-refractivity contribution >= 4 is 34.6 Å². The van der Waals surface area contributed by atoms with Gasteiger partial charge in [0, 0.05) is 39.5 Å². The second-order valence-corrected chi connectivity index (χ2v) is 8.85. The van der Waals surface area contributed by atoms with E-state index in [9.17, 15) is 9.59 Å². The number of hydrazone groups is 1. The van der Waals surface area contributed by atoms with E-state index in [0.717, 1.165) is 16.5 Å². The number of nitrogens with zero attached hydrogens (tertiary/aromatic N) is 1. The number of aromatic amines is 1. The van der Waals surface area contributed by atoms with Crippen molar-refractivity contribution in [1.82, 2.24) is 10.4 Å². The van der Waals surface area contributed by atoms with Crippen LogP contribution in [0.25, 0.3) is 10.9 Å². The van der Waals surface area contributed by atoms with Crippen LogP contribution in [0.4, 0.5) is 5.69 Å². The third kappa shape index (κ3) is 5.18. The summed E-state index contributed by atoms with van der Waals surface area (Å²) in [5, 5.41) is 7.95. The van der Waals surface area contributed by atoms with E-state index in [0.29, 0.717) is 16.8 Å². The molecule has 1 heterocycles. The van der Waals surface area contributed by atoms with E-state index in [2.05, 4.69) is 41.6 Å². The lowest BCUT2D eigenvalue weighted by Gasteiger charge is -2.19. The van der Waals surface area contributed by atoms with Crippen molar-refractivity contribution in [2.45, 2.75) is 26.2 Å². The number of hydrogen-bond acceptors (Lipinski definition) is 3. The Morgan fingerprint density at radius 3 is 2.18 bits per heavy atom. The highest BCUT2D eigenvalue weighted by atomic mass is 16.2. The van der Waals surface area contributed by atoms with Crippen LogP contribution >= 0.6 is 0 Å². The van der Waals surface area contributed by atoms with Gasteiger partial charge in [-0.1, -0.05) is 51.1 Å². The van der Waals surface area contributed by atoms with Crippen LogP contribution in [-0.2, 0) is 5.41 Å². The monoisotopic (exact) mass is 438 g/mol. The molecule has 1 aromatic heterocycles. The molecule has 33 heavy (non-hydrogen) atoms. The van der Waals surface area contributed by atoms with Crippen molar-refractivity contribution in [1.29, 1.82) is 0 Å². The number of carbonyl (C=O) groups is 2. The van der Waals surface area contributed by atoms with Crippen LogP contribution in [0.15, 0.2) is 84.1 Å². The van der Waals surface area contributed by atoms with Gasteiger partial charge in [0.15, 0.2) is 0 Å². The van der Waals surface area contributed by atoms with E-state index >= 15 is 0 Å². The lowest BCUT2D eigenvalue weighted by atomic mass is 9.87. The molecule has 0 aliphatic carbocycles. The van der Waals surface area contributed by atoms with Crippen molar-refractivity contribution in [3.05, 3.63) is 101 Å². The van der Waals surface area contributed by atoms with E-state index in [1.165, 1.54) is 5.56 Å². The van der Waals surface area contributed by atoms with Crippen molar-refractivity contribution in [2.75, 3.05) is 5.32 Å². The van der Waals surface area contributed by atoms with Crippen LogP contribution < -0.4 is 10.7 Å². The van der Waals surface area contributed by atoms with E-state index in [1.807, 2.05) is 54.7 Å². The van der Waals surface area contributed by atoms with Gasteiger partial charge in [-0.3, -0.25) is 9.59 Å². The highest BCUT2D eigenvalue weighted by Crippen LogP contribution is 2.22. The molecule has 4 aromatic rings. The lowest BCUT2D eigenvalue weighted by molar-refractivity contribution is 0.0954. The number of H-pyrrole nitrogens is 1. The van der Waals surface area contributed by atoms with E-state index in [-0.39, 0.29) is 17.2 Å². The minimum absolute atomic E-state index is 0.0326. The van der Waals surface area contributed by atoms with Gasteiger partial charge < -0.3 is 10.3 Å². The summed E-state index contributed by atoms with van der Waals surface area (Å²) < 4.78 is 0. The number of rotatable bonds is 5. The molecule has 2 amide bonds.